The molecule has 2 aliphatic rings. The van der Waals surface area contributed by atoms with Crippen LogP contribution in [0, 0.1) is 0 Å². The van der Waals surface area contributed by atoms with E-state index in [1.165, 1.54) is 33.4 Å². The highest BCUT2D eigenvalue weighted by atomic mass is 16.3. The summed E-state index contributed by atoms with van der Waals surface area (Å²) < 4.78 is 13.6. The molecular formula is C44H26O2. The topological polar surface area (TPSA) is 26.3 Å². The van der Waals surface area contributed by atoms with Crippen LogP contribution in [0.1, 0.15) is 0 Å². The van der Waals surface area contributed by atoms with Crippen LogP contribution in [-0.2, 0) is 0 Å². The number of hydrogen-bond donors (Lipinski definition) is 0. The molecule has 0 fully saturated rings. The minimum Gasteiger partial charge on any atom is -0.456 e. The van der Waals surface area contributed by atoms with E-state index in [9.17, 15) is 0 Å². The second kappa shape index (κ2) is 9.69. The molecule has 0 saturated heterocycles. The molecule has 0 radical (unpaired) electrons. The van der Waals surface area contributed by atoms with Gasteiger partial charge >= 0.3 is 0 Å². The van der Waals surface area contributed by atoms with Crippen molar-refractivity contribution in [1.82, 2.24) is 0 Å². The molecule has 0 N–H and O–H groups in total. The van der Waals surface area contributed by atoms with Crippen LogP contribution in [0.2, 0.25) is 0 Å². The van der Waals surface area contributed by atoms with Crippen molar-refractivity contribution in [1.29, 1.82) is 0 Å². The Morgan fingerprint density at radius 3 is 1.07 bits per heavy atom. The maximum Gasteiger partial charge on any atom is 0.136 e. The Labute approximate surface area is 265 Å². The second-order valence-corrected chi connectivity index (χ2v) is 12.0. The summed E-state index contributed by atoms with van der Waals surface area (Å²) in [5.74, 6) is 0. The Morgan fingerprint density at radius 2 is 0.652 bits per heavy atom. The van der Waals surface area contributed by atoms with Gasteiger partial charge in [0.15, 0.2) is 0 Å². The van der Waals surface area contributed by atoms with Crippen molar-refractivity contribution in [2.45, 2.75) is 0 Å². The Balaban J connectivity index is 1.21. The summed E-state index contributed by atoms with van der Waals surface area (Å²) in [7, 11) is 0. The molecule has 8 aromatic carbocycles. The van der Waals surface area contributed by atoms with Crippen LogP contribution in [0.5, 0.6) is 0 Å². The second-order valence-electron chi connectivity index (χ2n) is 12.0. The minimum atomic E-state index is 0.861. The van der Waals surface area contributed by atoms with E-state index in [2.05, 4.69) is 158 Å². The van der Waals surface area contributed by atoms with Gasteiger partial charge in [-0.3, -0.25) is 0 Å². The summed E-state index contributed by atoms with van der Waals surface area (Å²) in [5, 5.41) is 4.47. The third-order valence-corrected chi connectivity index (χ3v) is 9.42. The molecule has 0 bridgehead atoms. The maximum atomic E-state index is 6.78. The van der Waals surface area contributed by atoms with Gasteiger partial charge in [0.2, 0.25) is 0 Å². The molecule has 0 saturated carbocycles. The van der Waals surface area contributed by atoms with E-state index in [1.807, 2.05) is 0 Å². The fourth-order valence-corrected chi connectivity index (χ4v) is 7.40. The number of hydrogen-bond acceptors (Lipinski definition) is 2. The fraction of sp³-hybridized carbons (Fsp3) is 0. The third-order valence-electron chi connectivity index (χ3n) is 9.42. The van der Waals surface area contributed by atoms with E-state index in [4.69, 9.17) is 8.83 Å². The molecule has 0 unspecified atom stereocenters. The van der Waals surface area contributed by atoms with Gasteiger partial charge in [-0.25, -0.2) is 0 Å². The Bertz CT molecular complexity index is 2490. The van der Waals surface area contributed by atoms with Crippen LogP contribution < -0.4 is 0 Å². The summed E-state index contributed by atoms with van der Waals surface area (Å²) in [6.45, 7) is 0. The molecule has 2 aliphatic heterocycles. The summed E-state index contributed by atoms with van der Waals surface area (Å²) in [6.07, 6.45) is 0. The predicted molar refractivity (Wildman–Crippen MR) is 191 cm³/mol. The highest BCUT2D eigenvalue weighted by molar-refractivity contribution is 6.24. The van der Waals surface area contributed by atoms with Crippen LogP contribution in [-0.4, -0.2) is 0 Å². The van der Waals surface area contributed by atoms with Gasteiger partial charge in [-0.2, -0.15) is 0 Å². The van der Waals surface area contributed by atoms with Gasteiger partial charge < -0.3 is 8.83 Å². The molecule has 2 heteroatoms. The van der Waals surface area contributed by atoms with E-state index in [1.54, 1.807) is 0 Å². The van der Waals surface area contributed by atoms with Crippen molar-refractivity contribution < 1.29 is 8.83 Å². The lowest BCUT2D eigenvalue weighted by Gasteiger charge is -2.21. The van der Waals surface area contributed by atoms with Gasteiger partial charge in [-0.15, -0.1) is 0 Å². The van der Waals surface area contributed by atoms with Gasteiger partial charge in [0.05, 0.1) is 0 Å². The SMILES string of the molecule is c1ccc(-c2ccccc2-c2cc3ccc4oc5cc(-c6ccccc6-c6ccccc6)cc6ccc7oc(c2)c3c4-c7c65)cc1. The first-order valence-electron chi connectivity index (χ1n) is 15.7. The molecule has 0 aromatic heterocycles. The zero-order valence-corrected chi connectivity index (χ0v) is 24.8. The first-order valence-corrected chi connectivity index (χ1v) is 15.7. The summed E-state index contributed by atoms with van der Waals surface area (Å²) in [6, 6.07) is 55.9. The zero-order chi connectivity index (χ0) is 30.2. The molecule has 0 spiro atoms. The van der Waals surface area contributed by atoms with E-state index in [-0.39, 0.29) is 0 Å². The van der Waals surface area contributed by atoms with E-state index in [0.29, 0.717) is 0 Å². The van der Waals surface area contributed by atoms with Crippen LogP contribution in [0.4, 0.5) is 0 Å². The largest absolute Gasteiger partial charge is 0.456 e. The monoisotopic (exact) mass is 586 g/mol. The van der Waals surface area contributed by atoms with Gasteiger partial charge in [0.1, 0.15) is 22.3 Å². The number of benzene rings is 8. The normalized spacial score (nSPS) is 11.9. The average Bonchev–Trinajstić information content (AvgIpc) is 3.13. The van der Waals surface area contributed by atoms with E-state index < -0.39 is 0 Å². The van der Waals surface area contributed by atoms with Crippen molar-refractivity contribution in [2.24, 2.45) is 0 Å². The lowest BCUT2D eigenvalue weighted by Crippen LogP contribution is -1.96. The Morgan fingerprint density at radius 1 is 0.283 bits per heavy atom. The average molecular weight is 587 g/mol. The van der Waals surface area contributed by atoms with E-state index in [0.717, 1.165) is 66.1 Å². The first kappa shape index (κ1) is 25.2. The summed E-state index contributed by atoms with van der Waals surface area (Å²) in [4.78, 5) is 0. The molecule has 2 nitrogen and oxygen atoms in total. The maximum absolute atomic E-state index is 6.78. The summed E-state index contributed by atoms with van der Waals surface area (Å²) in [5.41, 5.74) is 15.1. The fourth-order valence-electron chi connectivity index (χ4n) is 7.40. The molecule has 214 valence electrons. The molecular weight excluding hydrogens is 560 g/mol. The Hall–Kier alpha value is -6.12. The highest BCUT2D eigenvalue weighted by Gasteiger charge is 2.25. The summed E-state index contributed by atoms with van der Waals surface area (Å²) >= 11 is 0. The zero-order valence-electron chi connectivity index (χ0n) is 24.8. The molecule has 2 heterocycles. The standard InChI is InChI=1S/C44H26O2/c1-3-11-27(12-4-1)33-15-7-9-17-35(33)31-23-29-19-21-38-43-41(29)39(25-31)45-37-22-20-30-24-32(26-40(46-38)42(30)44(37)43)36-18-10-8-16-34(36)28-13-5-2-6-14-28/h1-26H. The first-order chi connectivity index (χ1) is 22.8. The highest BCUT2D eigenvalue weighted by Crippen LogP contribution is 2.50. The lowest BCUT2D eigenvalue weighted by molar-refractivity contribution is 0.646. The van der Waals surface area contributed by atoms with Crippen molar-refractivity contribution >= 4 is 43.9 Å². The molecule has 8 aromatic rings. The van der Waals surface area contributed by atoms with Gasteiger partial charge in [-0.05, 0) is 91.7 Å². The van der Waals surface area contributed by atoms with Crippen molar-refractivity contribution in [3.05, 3.63) is 158 Å². The van der Waals surface area contributed by atoms with Crippen LogP contribution >= 0.6 is 0 Å². The van der Waals surface area contributed by atoms with E-state index >= 15 is 0 Å². The van der Waals surface area contributed by atoms with Gasteiger partial charge in [0.25, 0.3) is 0 Å². The molecule has 0 atom stereocenters. The van der Waals surface area contributed by atoms with Crippen LogP contribution in [0.25, 0.3) is 99.5 Å². The van der Waals surface area contributed by atoms with Crippen LogP contribution in [0.15, 0.2) is 167 Å². The molecule has 10 rings (SSSR count). The molecule has 0 amide bonds. The smallest absolute Gasteiger partial charge is 0.136 e. The predicted octanol–water partition coefficient (Wildman–Crippen LogP) is 12.7. The number of rotatable bonds is 4. The Kier molecular flexibility index (Phi) is 5.31. The van der Waals surface area contributed by atoms with Crippen molar-refractivity contribution in [2.75, 3.05) is 0 Å². The third kappa shape index (κ3) is 3.71. The van der Waals surface area contributed by atoms with Crippen molar-refractivity contribution in [3.8, 4) is 55.6 Å². The van der Waals surface area contributed by atoms with Gasteiger partial charge in [-0.1, -0.05) is 121 Å². The molecule has 0 aliphatic carbocycles. The quantitative estimate of drug-likeness (QED) is 0.151. The van der Waals surface area contributed by atoms with Crippen LogP contribution in [0.3, 0.4) is 0 Å². The van der Waals surface area contributed by atoms with Crippen molar-refractivity contribution in [3.63, 3.8) is 0 Å². The van der Waals surface area contributed by atoms with Gasteiger partial charge in [0, 0.05) is 21.9 Å². The molecule has 46 heavy (non-hydrogen) atoms. The minimum absolute atomic E-state index is 0.861. The lowest BCUT2D eigenvalue weighted by atomic mass is 9.87.